The summed E-state index contributed by atoms with van der Waals surface area (Å²) in [6.45, 7) is 1.10. The number of amides is 1. The molecule has 0 aliphatic carbocycles. The summed E-state index contributed by atoms with van der Waals surface area (Å²) < 4.78 is 15.4. The van der Waals surface area contributed by atoms with E-state index in [2.05, 4.69) is 10.3 Å². The zero-order valence-corrected chi connectivity index (χ0v) is 12.3. The molecule has 1 amide bonds. The van der Waals surface area contributed by atoms with Gasteiger partial charge in [0, 0.05) is 7.11 Å². The van der Waals surface area contributed by atoms with Gasteiger partial charge in [0.15, 0.2) is 5.76 Å². The first-order valence-electron chi connectivity index (χ1n) is 6.84. The van der Waals surface area contributed by atoms with Crippen LogP contribution in [0.2, 0.25) is 0 Å². The molecule has 0 bridgehead atoms. The molecular weight excluding hydrogens is 284 g/mol. The Kier molecular flexibility index (Phi) is 6.19. The van der Waals surface area contributed by atoms with Crippen LogP contribution in [0.15, 0.2) is 58.1 Å². The predicted molar refractivity (Wildman–Crippen MR) is 81.6 cm³/mol. The number of methoxy groups -OCH3 is 1. The van der Waals surface area contributed by atoms with Crippen molar-refractivity contribution in [2.45, 2.75) is 6.54 Å². The minimum atomic E-state index is -0.408. The average Bonchev–Trinajstić information content (AvgIpc) is 3.08. The number of benzene rings is 1. The number of nitrogens with one attached hydrogen (secondary N) is 1. The summed E-state index contributed by atoms with van der Waals surface area (Å²) in [5.41, 5.74) is 1.02. The van der Waals surface area contributed by atoms with Crippen molar-refractivity contribution < 1.29 is 18.7 Å². The van der Waals surface area contributed by atoms with Crippen molar-refractivity contribution in [3.8, 4) is 0 Å². The van der Waals surface area contributed by atoms with Gasteiger partial charge in [-0.05, 0) is 17.7 Å². The number of carbonyl (C=O) groups excluding carboxylic acids is 1. The molecule has 1 N–H and O–H groups in total. The Hall–Kier alpha value is -2.60. The lowest BCUT2D eigenvalue weighted by molar-refractivity contribution is 0.0927. The summed E-state index contributed by atoms with van der Waals surface area (Å²) in [5.74, 6) is -0.211. The summed E-state index contributed by atoms with van der Waals surface area (Å²) in [7, 11) is 1.57. The number of rotatable bonds is 6. The number of furan rings is 1. The van der Waals surface area contributed by atoms with Gasteiger partial charge in [0.2, 0.25) is 0 Å². The lowest BCUT2D eigenvalue weighted by Gasteiger charge is -2.09. The van der Waals surface area contributed by atoms with E-state index in [1.165, 1.54) is 6.26 Å². The van der Waals surface area contributed by atoms with Gasteiger partial charge in [-0.25, -0.2) is 4.99 Å². The third-order valence-electron chi connectivity index (χ3n) is 2.74. The van der Waals surface area contributed by atoms with E-state index >= 15 is 0 Å². The summed E-state index contributed by atoms with van der Waals surface area (Å²) >= 11 is 0. The van der Waals surface area contributed by atoms with Gasteiger partial charge in [-0.3, -0.25) is 10.1 Å². The Balaban J connectivity index is 2.00. The number of aliphatic imine (C=N–C) groups is 1. The van der Waals surface area contributed by atoms with E-state index in [0.29, 0.717) is 19.8 Å². The highest BCUT2D eigenvalue weighted by molar-refractivity contribution is 6.02. The number of carbonyl (C=O) groups is 1. The number of hydrogen-bond acceptors (Lipinski definition) is 5. The second-order valence-electron chi connectivity index (χ2n) is 4.38. The Morgan fingerprint density at radius 1 is 1.18 bits per heavy atom. The maximum absolute atomic E-state index is 12.0. The smallest absolute Gasteiger partial charge is 0.294 e. The molecule has 0 saturated heterocycles. The standard InChI is InChI=1S/C16H18N2O4/c1-20-10-11-22-16(17-12-13-6-3-2-4-7-13)18-15(19)14-8-5-9-21-14/h2-9H,10-12H2,1H3,(H,17,18,19). The van der Waals surface area contributed by atoms with Crippen LogP contribution in [0.3, 0.4) is 0 Å². The number of ether oxygens (including phenoxy) is 2. The lowest BCUT2D eigenvalue weighted by Crippen LogP contribution is -2.33. The molecular formula is C16H18N2O4. The zero-order valence-electron chi connectivity index (χ0n) is 12.3. The summed E-state index contributed by atoms with van der Waals surface area (Å²) in [5, 5.41) is 2.59. The quantitative estimate of drug-likeness (QED) is 0.504. The Bertz CT molecular complexity index is 594. The molecule has 1 heterocycles. The molecule has 6 heteroatoms. The van der Waals surface area contributed by atoms with Crippen molar-refractivity contribution in [2.75, 3.05) is 20.3 Å². The van der Waals surface area contributed by atoms with Crippen molar-refractivity contribution in [2.24, 2.45) is 4.99 Å². The molecule has 0 saturated carbocycles. The number of nitrogens with zero attached hydrogens (tertiary/aromatic N) is 1. The van der Waals surface area contributed by atoms with Gasteiger partial charge in [0.05, 0.1) is 19.4 Å². The van der Waals surface area contributed by atoms with E-state index < -0.39 is 5.91 Å². The highest BCUT2D eigenvalue weighted by atomic mass is 16.5. The SMILES string of the molecule is COCCOC(=NCc1ccccc1)NC(=O)c1ccco1. The monoisotopic (exact) mass is 302 g/mol. The topological polar surface area (TPSA) is 73.1 Å². The Labute approximate surface area is 128 Å². The second kappa shape index (κ2) is 8.63. The van der Waals surface area contributed by atoms with Crippen LogP contribution >= 0.6 is 0 Å². The van der Waals surface area contributed by atoms with Gasteiger partial charge in [-0.1, -0.05) is 30.3 Å². The molecule has 2 aromatic rings. The normalized spacial score (nSPS) is 11.2. The molecule has 0 spiro atoms. The lowest BCUT2D eigenvalue weighted by atomic mass is 10.2. The van der Waals surface area contributed by atoms with Crippen LogP contribution in [0.4, 0.5) is 0 Å². The first-order chi connectivity index (χ1) is 10.8. The highest BCUT2D eigenvalue weighted by Gasteiger charge is 2.12. The molecule has 1 aromatic carbocycles. The summed E-state index contributed by atoms with van der Waals surface area (Å²) in [6.07, 6.45) is 1.43. The molecule has 1 aromatic heterocycles. The summed E-state index contributed by atoms with van der Waals surface area (Å²) in [6, 6.07) is 13.0. The predicted octanol–water partition coefficient (Wildman–Crippen LogP) is 2.23. The highest BCUT2D eigenvalue weighted by Crippen LogP contribution is 2.02. The van der Waals surface area contributed by atoms with E-state index in [-0.39, 0.29) is 11.8 Å². The molecule has 0 atom stereocenters. The zero-order chi connectivity index (χ0) is 15.6. The van der Waals surface area contributed by atoms with Gasteiger partial charge >= 0.3 is 0 Å². The molecule has 0 radical (unpaired) electrons. The van der Waals surface area contributed by atoms with E-state index in [0.717, 1.165) is 5.56 Å². The Morgan fingerprint density at radius 2 is 2.00 bits per heavy atom. The fourth-order valence-corrected chi connectivity index (χ4v) is 1.66. The van der Waals surface area contributed by atoms with Crippen LogP contribution in [0.25, 0.3) is 0 Å². The maximum Gasteiger partial charge on any atom is 0.294 e. The first kappa shape index (κ1) is 15.8. The van der Waals surface area contributed by atoms with Gasteiger partial charge in [-0.15, -0.1) is 0 Å². The number of hydrogen-bond donors (Lipinski definition) is 1. The third-order valence-corrected chi connectivity index (χ3v) is 2.74. The van der Waals surface area contributed by atoms with Crippen LogP contribution in [-0.2, 0) is 16.0 Å². The summed E-state index contributed by atoms with van der Waals surface area (Å²) in [4.78, 5) is 16.2. The molecule has 2 rings (SSSR count). The molecule has 0 aliphatic heterocycles. The average molecular weight is 302 g/mol. The maximum atomic E-state index is 12.0. The van der Waals surface area contributed by atoms with E-state index in [1.807, 2.05) is 30.3 Å². The van der Waals surface area contributed by atoms with Crippen LogP contribution < -0.4 is 5.32 Å². The largest absolute Gasteiger partial charge is 0.463 e. The fraction of sp³-hybridized carbons (Fsp3) is 0.250. The molecule has 6 nitrogen and oxygen atoms in total. The third kappa shape index (κ3) is 5.06. The van der Waals surface area contributed by atoms with E-state index in [1.54, 1.807) is 19.2 Å². The molecule has 0 unspecified atom stereocenters. The molecule has 116 valence electrons. The minimum Gasteiger partial charge on any atom is -0.463 e. The molecule has 22 heavy (non-hydrogen) atoms. The van der Waals surface area contributed by atoms with Crippen LogP contribution in [-0.4, -0.2) is 32.3 Å². The van der Waals surface area contributed by atoms with Crippen LogP contribution in [0.5, 0.6) is 0 Å². The fourth-order valence-electron chi connectivity index (χ4n) is 1.66. The van der Waals surface area contributed by atoms with Gasteiger partial charge in [0.1, 0.15) is 6.61 Å². The minimum absolute atomic E-state index is 0.141. The van der Waals surface area contributed by atoms with E-state index in [9.17, 15) is 4.79 Å². The van der Waals surface area contributed by atoms with E-state index in [4.69, 9.17) is 13.9 Å². The van der Waals surface area contributed by atoms with Crippen molar-refractivity contribution in [1.29, 1.82) is 0 Å². The Morgan fingerprint density at radius 3 is 2.68 bits per heavy atom. The van der Waals surface area contributed by atoms with Crippen molar-refractivity contribution in [1.82, 2.24) is 5.32 Å². The molecule has 0 fully saturated rings. The van der Waals surface area contributed by atoms with Gasteiger partial charge in [0.25, 0.3) is 11.9 Å². The first-order valence-corrected chi connectivity index (χ1v) is 6.84. The van der Waals surface area contributed by atoms with Crippen LogP contribution in [0, 0.1) is 0 Å². The van der Waals surface area contributed by atoms with Gasteiger partial charge in [-0.2, -0.15) is 0 Å². The van der Waals surface area contributed by atoms with Crippen LogP contribution in [0.1, 0.15) is 16.1 Å². The second-order valence-corrected chi connectivity index (χ2v) is 4.38. The van der Waals surface area contributed by atoms with Crippen molar-refractivity contribution in [3.05, 3.63) is 60.1 Å². The molecule has 0 aliphatic rings. The van der Waals surface area contributed by atoms with Crippen molar-refractivity contribution in [3.63, 3.8) is 0 Å². The van der Waals surface area contributed by atoms with Gasteiger partial charge < -0.3 is 13.9 Å². The number of amidine groups is 1. The van der Waals surface area contributed by atoms with Crippen molar-refractivity contribution >= 4 is 11.9 Å².